The average Bonchev–Trinajstić information content (AvgIpc) is 2.29. The van der Waals surface area contributed by atoms with Gasteiger partial charge in [-0.05, 0) is 30.5 Å². The molecule has 0 nitrogen and oxygen atoms in total. The van der Waals surface area contributed by atoms with E-state index in [9.17, 15) is 0 Å². The molecule has 0 saturated heterocycles. The normalized spacial score (nSPS) is 20.6. The van der Waals surface area contributed by atoms with Crippen molar-refractivity contribution >= 4 is 6.08 Å². The van der Waals surface area contributed by atoms with E-state index in [2.05, 4.69) is 45.0 Å². The minimum absolute atomic E-state index is 0.626. The second kappa shape index (κ2) is 2.48. The van der Waals surface area contributed by atoms with Crippen molar-refractivity contribution in [3.63, 3.8) is 0 Å². The van der Waals surface area contributed by atoms with Crippen molar-refractivity contribution in [2.24, 2.45) is 0 Å². The summed E-state index contributed by atoms with van der Waals surface area (Å²) in [5.74, 6) is 0.626. The molecule has 1 unspecified atom stereocenters. The molecule has 1 aliphatic carbocycles. The summed E-state index contributed by atoms with van der Waals surface area (Å²) in [4.78, 5) is 0. The molecule has 0 aliphatic heterocycles. The lowest BCUT2D eigenvalue weighted by molar-refractivity contribution is 0.910. The second-order valence-corrected chi connectivity index (χ2v) is 3.69. The highest BCUT2D eigenvalue weighted by molar-refractivity contribution is 5.67. The molecule has 1 aliphatic rings. The number of aryl methyl sites for hydroxylation is 1. The molecule has 0 N–H and O–H groups in total. The van der Waals surface area contributed by atoms with E-state index < -0.39 is 0 Å². The van der Waals surface area contributed by atoms with E-state index in [-0.39, 0.29) is 0 Å². The molecule has 0 bridgehead atoms. The molecule has 0 saturated carbocycles. The lowest BCUT2D eigenvalue weighted by atomic mass is 9.95. The summed E-state index contributed by atoms with van der Waals surface area (Å²) in [5, 5.41) is 0. The van der Waals surface area contributed by atoms with Crippen molar-refractivity contribution in [1.29, 1.82) is 0 Å². The summed E-state index contributed by atoms with van der Waals surface area (Å²) in [6, 6.07) is 6.53. The van der Waals surface area contributed by atoms with Crippen LogP contribution in [0.3, 0.4) is 0 Å². The van der Waals surface area contributed by atoms with Gasteiger partial charge in [-0.25, -0.2) is 0 Å². The Morgan fingerprint density at radius 1 is 1.17 bits per heavy atom. The zero-order valence-electron chi connectivity index (χ0n) is 7.89. The van der Waals surface area contributed by atoms with E-state index in [1.807, 2.05) is 0 Å². The zero-order valence-corrected chi connectivity index (χ0v) is 7.89. The second-order valence-electron chi connectivity index (χ2n) is 3.69. The zero-order chi connectivity index (χ0) is 8.72. The molecule has 2 rings (SSSR count). The fourth-order valence-electron chi connectivity index (χ4n) is 2.02. The SMILES string of the molecule is CC1=Cc2cccc(C)c2C1C. The molecule has 1 aromatic carbocycles. The van der Waals surface area contributed by atoms with Crippen LogP contribution in [0.4, 0.5) is 0 Å². The molecule has 0 amide bonds. The van der Waals surface area contributed by atoms with Crippen LogP contribution in [0.5, 0.6) is 0 Å². The van der Waals surface area contributed by atoms with E-state index in [0.29, 0.717) is 5.92 Å². The summed E-state index contributed by atoms with van der Waals surface area (Å²) < 4.78 is 0. The van der Waals surface area contributed by atoms with Gasteiger partial charge in [0.1, 0.15) is 0 Å². The number of hydrogen-bond donors (Lipinski definition) is 0. The fraction of sp³-hybridized carbons (Fsp3) is 0.333. The van der Waals surface area contributed by atoms with E-state index >= 15 is 0 Å². The Kier molecular flexibility index (Phi) is 1.57. The standard InChI is InChI=1S/C12H14/c1-8-5-4-6-11-7-9(2)10(3)12(8)11/h4-7,10H,1-3H3. The first-order valence-electron chi connectivity index (χ1n) is 4.48. The number of benzene rings is 1. The summed E-state index contributed by atoms with van der Waals surface area (Å²) in [7, 11) is 0. The van der Waals surface area contributed by atoms with Gasteiger partial charge in [0.25, 0.3) is 0 Å². The van der Waals surface area contributed by atoms with Gasteiger partial charge < -0.3 is 0 Å². The van der Waals surface area contributed by atoms with Gasteiger partial charge in [-0.1, -0.05) is 36.8 Å². The van der Waals surface area contributed by atoms with Crippen molar-refractivity contribution in [2.45, 2.75) is 26.7 Å². The molecule has 62 valence electrons. The summed E-state index contributed by atoms with van der Waals surface area (Å²) in [6.07, 6.45) is 2.30. The minimum atomic E-state index is 0.626. The Bertz CT molecular complexity index is 345. The lowest BCUT2D eigenvalue weighted by Crippen LogP contribution is -1.93. The van der Waals surface area contributed by atoms with Crippen LogP contribution in [0.15, 0.2) is 23.8 Å². The number of fused-ring (bicyclic) bond motifs is 1. The maximum Gasteiger partial charge on any atom is 0.00289 e. The van der Waals surface area contributed by atoms with Gasteiger partial charge in [0.15, 0.2) is 0 Å². The fourth-order valence-corrected chi connectivity index (χ4v) is 2.02. The van der Waals surface area contributed by atoms with E-state index in [4.69, 9.17) is 0 Å². The van der Waals surface area contributed by atoms with Crippen LogP contribution >= 0.6 is 0 Å². The molecule has 1 aromatic rings. The highest BCUT2D eigenvalue weighted by Crippen LogP contribution is 2.37. The topological polar surface area (TPSA) is 0 Å². The van der Waals surface area contributed by atoms with Gasteiger partial charge in [0, 0.05) is 5.92 Å². The van der Waals surface area contributed by atoms with Gasteiger partial charge >= 0.3 is 0 Å². The Hall–Kier alpha value is -1.04. The highest BCUT2D eigenvalue weighted by Gasteiger charge is 2.18. The van der Waals surface area contributed by atoms with Crippen LogP contribution in [0.1, 0.15) is 36.5 Å². The third-order valence-electron chi connectivity index (χ3n) is 2.86. The number of hydrogen-bond acceptors (Lipinski definition) is 0. The number of allylic oxidation sites excluding steroid dienone is 1. The van der Waals surface area contributed by atoms with E-state index in [1.54, 1.807) is 0 Å². The molecule has 1 atom stereocenters. The van der Waals surface area contributed by atoms with Gasteiger partial charge in [0.05, 0.1) is 0 Å². The van der Waals surface area contributed by atoms with Crippen molar-refractivity contribution in [1.82, 2.24) is 0 Å². The Morgan fingerprint density at radius 2 is 1.92 bits per heavy atom. The third-order valence-corrected chi connectivity index (χ3v) is 2.86. The van der Waals surface area contributed by atoms with Crippen molar-refractivity contribution in [3.05, 3.63) is 40.5 Å². The van der Waals surface area contributed by atoms with Gasteiger partial charge in [-0.3, -0.25) is 0 Å². The number of rotatable bonds is 0. The minimum Gasteiger partial charge on any atom is -0.0655 e. The first kappa shape index (κ1) is 7.60. The van der Waals surface area contributed by atoms with Crippen molar-refractivity contribution in [2.75, 3.05) is 0 Å². The average molecular weight is 158 g/mol. The molecule has 0 spiro atoms. The lowest BCUT2D eigenvalue weighted by Gasteiger charge is -2.10. The van der Waals surface area contributed by atoms with Crippen LogP contribution in [0.25, 0.3) is 6.08 Å². The van der Waals surface area contributed by atoms with Crippen LogP contribution in [-0.4, -0.2) is 0 Å². The third kappa shape index (κ3) is 0.911. The predicted octanol–water partition coefficient (Wildman–Crippen LogP) is 3.52. The first-order valence-corrected chi connectivity index (χ1v) is 4.48. The monoisotopic (exact) mass is 158 g/mol. The Morgan fingerprint density at radius 3 is 2.58 bits per heavy atom. The quantitative estimate of drug-likeness (QED) is 0.542. The van der Waals surface area contributed by atoms with Crippen molar-refractivity contribution < 1.29 is 0 Å². The molecule has 0 heterocycles. The van der Waals surface area contributed by atoms with Gasteiger partial charge in [0.2, 0.25) is 0 Å². The Labute approximate surface area is 73.9 Å². The van der Waals surface area contributed by atoms with Gasteiger partial charge in [-0.15, -0.1) is 0 Å². The molecular formula is C12H14. The molecular weight excluding hydrogens is 144 g/mol. The van der Waals surface area contributed by atoms with E-state index in [0.717, 1.165) is 0 Å². The first-order chi connectivity index (χ1) is 5.70. The van der Waals surface area contributed by atoms with Gasteiger partial charge in [-0.2, -0.15) is 0 Å². The Balaban J connectivity index is 2.63. The summed E-state index contributed by atoms with van der Waals surface area (Å²) in [6.45, 7) is 6.69. The predicted molar refractivity (Wildman–Crippen MR) is 53.2 cm³/mol. The van der Waals surface area contributed by atoms with Crippen LogP contribution in [0, 0.1) is 6.92 Å². The van der Waals surface area contributed by atoms with Crippen molar-refractivity contribution in [3.8, 4) is 0 Å². The summed E-state index contributed by atoms with van der Waals surface area (Å²) >= 11 is 0. The molecule has 0 aromatic heterocycles. The molecule has 0 heteroatoms. The molecule has 12 heavy (non-hydrogen) atoms. The smallest absolute Gasteiger partial charge is 0.00289 e. The molecule has 0 radical (unpaired) electrons. The summed E-state index contributed by atoms with van der Waals surface area (Å²) in [5.41, 5.74) is 5.85. The highest BCUT2D eigenvalue weighted by atomic mass is 14.2. The molecule has 0 fully saturated rings. The van der Waals surface area contributed by atoms with Crippen LogP contribution in [-0.2, 0) is 0 Å². The maximum absolute atomic E-state index is 2.30. The van der Waals surface area contributed by atoms with E-state index in [1.165, 1.54) is 22.3 Å². The largest absolute Gasteiger partial charge is 0.0655 e. The maximum atomic E-state index is 2.30. The van der Waals surface area contributed by atoms with Crippen LogP contribution < -0.4 is 0 Å². The van der Waals surface area contributed by atoms with Crippen LogP contribution in [0.2, 0.25) is 0 Å².